The van der Waals surface area contributed by atoms with Crippen molar-refractivity contribution in [3.63, 3.8) is 0 Å². The summed E-state index contributed by atoms with van der Waals surface area (Å²) in [7, 11) is 1.60. The molecule has 3 rings (SSSR count). The molecule has 0 radical (unpaired) electrons. The highest BCUT2D eigenvalue weighted by Crippen LogP contribution is 2.22. The average Bonchev–Trinajstić information content (AvgIpc) is 2.96. The summed E-state index contributed by atoms with van der Waals surface area (Å²) in [5, 5.41) is 13.9. The second-order valence-electron chi connectivity index (χ2n) is 6.70. The summed E-state index contributed by atoms with van der Waals surface area (Å²) >= 11 is 3.47. The molecule has 1 N–H and O–H groups in total. The summed E-state index contributed by atoms with van der Waals surface area (Å²) in [6.45, 7) is 6.34. The maximum absolute atomic E-state index is 9.52. The lowest BCUT2D eigenvalue weighted by atomic mass is 10.1. The van der Waals surface area contributed by atoms with Crippen molar-refractivity contribution in [1.29, 1.82) is 5.26 Å². The normalized spacial score (nSPS) is 11.0. The number of hydrogen-bond donors (Lipinski definition) is 1. The van der Waals surface area contributed by atoms with E-state index in [2.05, 4.69) is 74.1 Å². The molecule has 3 aromatic rings. The Morgan fingerprint density at radius 1 is 1.24 bits per heavy atom. The van der Waals surface area contributed by atoms with Gasteiger partial charge in [-0.2, -0.15) is 10.4 Å². The van der Waals surface area contributed by atoms with Crippen molar-refractivity contribution < 1.29 is 4.74 Å². The van der Waals surface area contributed by atoms with Gasteiger partial charge >= 0.3 is 0 Å². The van der Waals surface area contributed by atoms with Gasteiger partial charge in [0.05, 0.1) is 12.8 Å². The lowest BCUT2D eigenvalue weighted by molar-refractivity contribution is 0.184. The SMILES string of the molecule is COCc1cc(C)nc(N/N=C/c2cc(C)n(-c3ccc(Br)cc3)c2C)c1C#N. The van der Waals surface area contributed by atoms with Crippen LogP contribution in [0.25, 0.3) is 5.69 Å². The number of nitriles is 1. The van der Waals surface area contributed by atoms with Crippen LogP contribution in [0.3, 0.4) is 0 Å². The molecule has 148 valence electrons. The first-order valence-electron chi connectivity index (χ1n) is 9.08. The Hall–Kier alpha value is -2.95. The first-order chi connectivity index (χ1) is 13.9. The highest BCUT2D eigenvalue weighted by atomic mass is 79.9. The van der Waals surface area contributed by atoms with Gasteiger partial charge in [0.15, 0.2) is 5.82 Å². The number of nitrogens with zero attached hydrogens (tertiary/aromatic N) is 4. The molecule has 0 spiro atoms. The van der Waals surface area contributed by atoms with Crippen molar-refractivity contribution in [2.75, 3.05) is 12.5 Å². The minimum atomic E-state index is 0.346. The first kappa shape index (κ1) is 20.8. The van der Waals surface area contributed by atoms with Crippen molar-refractivity contribution in [3.05, 3.63) is 74.6 Å². The highest BCUT2D eigenvalue weighted by molar-refractivity contribution is 9.10. The fourth-order valence-electron chi connectivity index (χ4n) is 3.28. The predicted molar refractivity (Wildman–Crippen MR) is 119 cm³/mol. The molecule has 0 unspecified atom stereocenters. The first-order valence-corrected chi connectivity index (χ1v) is 9.87. The number of nitrogens with one attached hydrogen (secondary N) is 1. The summed E-state index contributed by atoms with van der Waals surface area (Å²) in [5.41, 5.74) is 9.20. The van der Waals surface area contributed by atoms with Crippen LogP contribution in [0.5, 0.6) is 0 Å². The molecular weight excluding hydrogens is 430 g/mol. The number of hydrogen-bond acceptors (Lipinski definition) is 5. The summed E-state index contributed by atoms with van der Waals surface area (Å²) in [5.74, 6) is 0.428. The van der Waals surface area contributed by atoms with E-state index in [1.165, 1.54) is 0 Å². The van der Waals surface area contributed by atoms with E-state index >= 15 is 0 Å². The molecule has 7 heteroatoms. The van der Waals surface area contributed by atoms with E-state index in [0.29, 0.717) is 18.0 Å². The van der Waals surface area contributed by atoms with Crippen molar-refractivity contribution in [2.45, 2.75) is 27.4 Å². The van der Waals surface area contributed by atoms with Crippen LogP contribution in [0, 0.1) is 32.1 Å². The average molecular weight is 452 g/mol. The third kappa shape index (κ3) is 4.56. The lowest BCUT2D eigenvalue weighted by Gasteiger charge is -2.10. The largest absolute Gasteiger partial charge is 0.380 e. The zero-order valence-electron chi connectivity index (χ0n) is 16.8. The van der Waals surface area contributed by atoms with Gasteiger partial charge in [0.1, 0.15) is 11.6 Å². The highest BCUT2D eigenvalue weighted by Gasteiger charge is 2.12. The van der Waals surface area contributed by atoms with Crippen LogP contribution in [0.15, 0.2) is 46.0 Å². The van der Waals surface area contributed by atoms with E-state index in [-0.39, 0.29) is 0 Å². The number of benzene rings is 1. The molecule has 0 saturated heterocycles. The van der Waals surface area contributed by atoms with Crippen molar-refractivity contribution in [2.24, 2.45) is 5.10 Å². The third-order valence-electron chi connectivity index (χ3n) is 4.57. The molecule has 0 fully saturated rings. The van der Waals surface area contributed by atoms with Crippen LogP contribution in [0.1, 0.15) is 33.8 Å². The van der Waals surface area contributed by atoms with E-state index in [1.54, 1.807) is 13.3 Å². The van der Waals surface area contributed by atoms with Gasteiger partial charge in [-0.15, -0.1) is 0 Å². The number of halogens is 1. The summed E-state index contributed by atoms with van der Waals surface area (Å²) < 4.78 is 8.40. The Labute approximate surface area is 179 Å². The lowest BCUT2D eigenvalue weighted by Crippen LogP contribution is -2.04. The second-order valence-corrected chi connectivity index (χ2v) is 7.62. The Kier molecular flexibility index (Phi) is 6.47. The molecule has 0 aliphatic heterocycles. The number of anilines is 1. The molecular formula is C22H22BrN5O. The summed E-state index contributed by atoms with van der Waals surface area (Å²) in [6.07, 6.45) is 1.75. The smallest absolute Gasteiger partial charge is 0.164 e. The molecule has 0 aliphatic carbocycles. The Bertz CT molecular complexity index is 1090. The number of ether oxygens (including phenoxy) is 1. The van der Waals surface area contributed by atoms with Gasteiger partial charge in [-0.05, 0) is 57.2 Å². The van der Waals surface area contributed by atoms with Gasteiger partial charge in [0.2, 0.25) is 0 Å². The molecule has 0 atom stereocenters. The van der Waals surface area contributed by atoms with Gasteiger partial charge in [0, 0.05) is 45.5 Å². The van der Waals surface area contributed by atoms with Crippen molar-refractivity contribution in [3.8, 4) is 11.8 Å². The number of hydrazone groups is 1. The number of methoxy groups -OCH3 is 1. The minimum Gasteiger partial charge on any atom is -0.380 e. The van der Waals surface area contributed by atoms with E-state index < -0.39 is 0 Å². The maximum Gasteiger partial charge on any atom is 0.164 e. The Morgan fingerprint density at radius 2 is 1.97 bits per heavy atom. The standard InChI is InChI=1S/C22H22BrN5O/c1-14-9-18(13-29-4)21(11-24)22(26-14)27-25-12-17-10-15(2)28(16(17)3)20-7-5-19(23)6-8-20/h5-10,12H,13H2,1-4H3,(H,26,27)/b25-12+. The second kappa shape index (κ2) is 9.03. The predicted octanol–water partition coefficient (Wildman–Crippen LogP) is 5.02. The van der Waals surface area contributed by atoms with Crippen molar-refractivity contribution in [1.82, 2.24) is 9.55 Å². The van der Waals surface area contributed by atoms with Crippen LogP contribution in [-0.4, -0.2) is 22.9 Å². The van der Waals surface area contributed by atoms with Crippen LogP contribution in [-0.2, 0) is 11.3 Å². The fourth-order valence-corrected chi connectivity index (χ4v) is 3.55. The monoisotopic (exact) mass is 451 g/mol. The molecule has 0 saturated carbocycles. The zero-order valence-corrected chi connectivity index (χ0v) is 18.4. The number of aryl methyl sites for hydroxylation is 2. The van der Waals surface area contributed by atoms with Gasteiger partial charge in [-0.25, -0.2) is 4.98 Å². The topological polar surface area (TPSA) is 75.2 Å². The molecule has 29 heavy (non-hydrogen) atoms. The minimum absolute atomic E-state index is 0.346. The number of pyridine rings is 1. The van der Waals surface area contributed by atoms with Crippen LogP contribution >= 0.6 is 15.9 Å². The van der Waals surface area contributed by atoms with Crippen LogP contribution in [0.2, 0.25) is 0 Å². The van der Waals surface area contributed by atoms with Gasteiger partial charge in [0.25, 0.3) is 0 Å². The molecule has 6 nitrogen and oxygen atoms in total. The molecule has 0 amide bonds. The van der Waals surface area contributed by atoms with Crippen LogP contribution in [0.4, 0.5) is 5.82 Å². The van der Waals surface area contributed by atoms with Gasteiger partial charge in [-0.3, -0.25) is 5.43 Å². The van der Waals surface area contributed by atoms with E-state index in [0.717, 1.165) is 38.4 Å². The zero-order chi connectivity index (χ0) is 21.0. The van der Waals surface area contributed by atoms with Gasteiger partial charge in [-0.1, -0.05) is 15.9 Å². The van der Waals surface area contributed by atoms with Gasteiger partial charge < -0.3 is 9.30 Å². The summed E-state index contributed by atoms with van der Waals surface area (Å²) in [6, 6.07) is 14.3. The maximum atomic E-state index is 9.52. The third-order valence-corrected chi connectivity index (χ3v) is 5.10. The van der Waals surface area contributed by atoms with Crippen molar-refractivity contribution >= 4 is 28.0 Å². The molecule has 0 aliphatic rings. The fraction of sp³-hybridized carbons (Fsp3) is 0.227. The van der Waals surface area contributed by atoms with E-state index in [4.69, 9.17) is 4.74 Å². The Morgan fingerprint density at radius 3 is 2.62 bits per heavy atom. The Balaban J connectivity index is 1.88. The van der Waals surface area contributed by atoms with E-state index in [9.17, 15) is 5.26 Å². The molecule has 0 bridgehead atoms. The quantitative estimate of drug-likeness (QED) is 0.421. The molecule has 2 heterocycles. The van der Waals surface area contributed by atoms with E-state index in [1.807, 2.05) is 25.1 Å². The molecule has 2 aromatic heterocycles. The van der Waals surface area contributed by atoms with Crippen LogP contribution < -0.4 is 5.43 Å². The molecule has 1 aromatic carbocycles. The number of aromatic nitrogens is 2. The number of rotatable bonds is 6. The summed E-state index contributed by atoms with van der Waals surface area (Å²) in [4.78, 5) is 4.41.